The van der Waals surface area contributed by atoms with Crippen LogP contribution in [0.15, 0.2) is 18.2 Å². The van der Waals surface area contributed by atoms with Crippen LogP contribution in [-0.2, 0) is 0 Å². The molecule has 0 atom stereocenters. The van der Waals surface area contributed by atoms with Gasteiger partial charge in [0.05, 0.1) is 12.8 Å². The van der Waals surface area contributed by atoms with Crippen LogP contribution in [-0.4, -0.2) is 27.7 Å². The van der Waals surface area contributed by atoms with Crippen LogP contribution in [0.3, 0.4) is 0 Å². The number of hydrogen-bond donors (Lipinski definition) is 2. The zero-order valence-corrected chi connectivity index (χ0v) is 7.56. The molecule has 0 aliphatic carbocycles. The van der Waals surface area contributed by atoms with Crippen molar-refractivity contribution in [1.29, 1.82) is 0 Å². The van der Waals surface area contributed by atoms with Gasteiger partial charge in [-0.25, -0.2) is 0 Å². The first kappa shape index (κ1) is 8.49. The Labute approximate surface area is 80.1 Å². The number of nitrogens with one attached hydrogen (secondary N) is 1. The van der Waals surface area contributed by atoms with Crippen molar-refractivity contribution < 1.29 is 4.74 Å². The van der Waals surface area contributed by atoms with Crippen LogP contribution in [0.25, 0.3) is 11.4 Å². The molecular formula is C8H9N5O. The third-order valence-corrected chi connectivity index (χ3v) is 1.87. The second kappa shape index (κ2) is 3.33. The van der Waals surface area contributed by atoms with E-state index in [1.807, 2.05) is 12.1 Å². The number of H-pyrrole nitrogens is 1. The van der Waals surface area contributed by atoms with Crippen LogP contribution in [0.1, 0.15) is 0 Å². The highest BCUT2D eigenvalue weighted by Gasteiger charge is 2.10. The highest BCUT2D eigenvalue weighted by molar-refractivity contribution is 5.76. The number of aromatic nitrogens is 4. The number of nitrogen functional groups attached to an aromatic ring is 1. The fourth-order valence-corrected chi connectivity index (χ4v) is 1.19. The monoisotopic (exact) mass is 191 g/mol. The maximum atomic E-state index is 5.84. The van der Waals surface area contributed by atoms with Crippen LogP contribution in [0.4, 0.5) is 5.69 Å². The maximum Gasteiger partial charge on any atom is 0.206 e. The molecule has 0 aliphatic rings. The van der Waals surface area contributed by atoms with E-state index in [4.69, 9.17) is 10.5 Å². The van der Waals surface area contributed by atoms with Crippen LogP contribution in [0.2, 0.25) is 0 Å². The summed E-state index contributed by atoms with van der Waals surface area (Å²) in [5.41, 5.74) is 7.06. The molecule has 0 bridgehead atoms. The second-order valence-electron chi connectivity index (χ2n) is 2.66. The quantitative estimate of drug-likeness (QED) is 0.673. The first-order valence-electron chi connectivity index (χ1n) is 3.99. The van der Waals surface area contributed by atoms with Crippen LogP contribution in [0.5, 0.6) is 5.75 Å². The van der Waals surface area contributed by atoms with Crippen LogP contribution in [0, 0.1) is 0 Å². The number of anilines is 1. The van der Waals surface area contributed by atoms with Crippen LogP contribution >= 0.6 is 0 Å². The molecule has 14 heavy (non-hydrogen) atoms. The summed E-state index contributed by atoms with van der Waals surface area (Å²) in [7, 11) is 1.56. The van der Waals surface area contributed by atoms with Gasteiger partial charge in [0.15, 0.2) is 0 Å². The maximum absolute atomic E-state index is 5.84. The first-order chi connectivity index (χ1) is 6.83. The molecular weight excluding hydrogens is 182 g/mol. The zero-order chi connectivity index (χ0) is 9.97. The second-order valence-corrected chi connectivity index (χ2v) is 2.66. The van der Waals surface area contributed by atoms with Crippen molar-refractivity contribution in [3.05, 3.63) is 18.2 Å². The molecule has 0 saturated carbocycles. The average Bonchev–Trinajstić information content (AvgIpc) is 2.71. The Bertz CT molecular complexity index is 425. The molecule has 0 aliphatic heterocycles. The number of nitrogens with zero attached hydrogens (tertiary/aromatic N) is 3. The Balaban J connectivity index is 2.54. The number of rotatable bonds is 2. The summed E-state index contributed by atoms with van der Waals surface area (Å²) in [5.74, 6) is 1.06. The lowest BCUT2D eigenvalue weighted by molar-refractivity contribution is 0.417. The van der Waals surface area contributed by atoms with Crippen molar-refractivity contribution in [2.45, 2.75) is 0 Å². The number of methoxy groups -OCH3 is 1. The summed E-state index contributed by atoms with van der Waals surface area (Å²) >= 11 is 0. The molecule has 72 valence electrons. The van der Waals surface area contributed by atoms with Gasteiger partial charge in [0.25, 0.3) is 0 Å². The van der Waals surface area contributed by atoms with Gasteiger partial charge < -0.3 is 10.5 Å². The van der Waals surface area contributed by atoms with Crippen molar-refractivity contribution in [2.24, 2.45) is 0 Å². The molecule has 0 amide bonds. The molecule has 1 aromatic carbocycles. The van der Waals surface area contributed by atoms with Crippen LogP contribution < -0.4 is 10.5 Å². The number of para-hydroxylation sites is 1. The lowest BCUT2D eigenvalue weighted by Crippen LogP contribution is -1.95. The van der Waals surface area contributed by atoms with Crippen molar-refractivity contribution in [3.63, 3.8) is 0 Å². The van der Waals surface area contributed by atoms with Gasteiger partial charge in [0, 0.05) is 5.56 Å². The number of tetrazole rings is 1. The number of ether oxygens (including phenoxy) is 1. The number of aromatic amines is 1. The molecule has 0 spiro atoms. The number of hydrogen-bond acceptors (Lipinski definition) is 5. The Morgan fingerprint density at radius 1 is 1.43 bits per heavy atom. The molecule has 0 unspecified atom stereocenters. The summed E-state index contributed by atoms with van der Waals surface area (Å²) in [6.45, 7) is 0. The topological polar surface area (TPSA) is 89.7 Å². The van der Waals surface area contributed by atoms with E-state index < -0.39 is 0 Å². The molecule has 6 heteroatoms. The predicted octanol–water partition coefficient (Wildman–Crippen LogP) is 0.457. The van der Waals surface area contributed by atoms with Crippen molar-refractivity contribution >= 4 is 5.69 Å². The molecule has 0 saturated heterocycles. The van der Waals surface area contributed by atoms with E-state index in [-0.39, 0.29) is 0 Å². The molecule has 6 nitrogen and oxygen atoms in total. The largest absolute Gasteiger partial charge is 0.495 e. The summed E-state index contributed by atoms with van der Waals surface area (Å²) in [6, 6.07) is 5.41. The summed E-state index contributed by atoms with van der Waals surface area (Å²) in [4.78, 5) is 0. The van der Waals surface area contributed by atoms with Crippen molar-refractivity contribution in [1.82, 2.24) is 20.6 Å². The molecule has 3 N–H and O–H groups in total. The summed E-state index contributed by atoms with van der Waals surface area (Å²) in [6.07, 6.45) is 0. The minimum atomic E-state index is 0.460. The smallest absolute Gasteiger partial charge is 0.206 e. The fourth-order valence-electron chi connectivity index (χ4n) is 1.19. The van der Waals surface area contributed by atoms with Gasteiger partial charge in [-0.05, 0) is 17.3 Å². The number of nitrogens with two attached hydrogens (primary N) is 1. The molecule has 2 rings (SSSR count). The highest BCUT2D eigenvalue weighted by Crippen LogP contribution is 2.30. The highest BCUT2D eigenvalue weighted by atomic mass is 16.5. The molecule has 1 aromatic heterocycles. The third-order valence-electron chi connectivity index (χ3n) is 1.87. The predicted molar refractivity (Wildman–Crippen MR) is 50.6 cm³/mol. The SMILES string of the molecule is COc1cccc(-c2nn[nH]n2)c1N. The standard InChI is InChI=1S/C8H9N5O/c1-14-6-4-2-3-5(7(6)9)8-10-12-13-11-8/h2-4H,9H2,1H3,(H,10,11,12,13). The summed E-state index contributed by atoms with van der Waals surface area (Å²) in [5, 5.41) is 13.5. The van der Waals surface area contributed by atoms with E-state index in [2.05, 4.69) is 20.6 Å². The molecule has 0 radical (unpaired) electrons. The van der Waals surface area contributed by atoms with E-state index in [1.54, 1.807) is 13.2 Å². The minimum Gasteiger partial charge on any atom is -0.495 e. The van der Waals surface area contributed by atoms with E-state index in [9.17, 15) is 0 Å². The van der Waals surface area contributed by atoms with E-state index in [0.717, 1.165) is 0 Å². The van der Waals surface area contributed by atoms with Gasteiger partial charge in [0.1, 0.15) is 5.75 Å². The van der Waals surface area contributed by atoms with Gasteiger partial charge >= 0.3 is 0 Å². The lowest BCUT2D eigenvalue weighted by Gasteiger charge is -2.06. The molecule has 0 fully saturated rings. The number of benzene rings is 1. The van der Waals surface area contributed by atoms with Gasteiger partial charge in [-0.2, -0.15) is 5.21 Å². The molecule has 1 heterocycles. The Kier molecular flexibility index (Phi) is 2.02. The van der Waals surface area contributed by atoms with Gasteiger partial charge in [-0.15, -0.1) is 10.2 Å². The van der Waals surface area contributed by atoms with E-state index >= 15 is 0 Å². The van der Waals surface area contributed by atoms with Gasteiger partial charge in [0.2, 0.25) is 5.82 Å². The van der Waals surface area contributed by atoms with E-state index in [1.165, 1.54) is 0 Å². The van der Waals surface area contributed by atoms with Gasteiger partial charge in [-0.3, -0.25) is 0 Å². The minimum absolute atomic E-state index is 0.460. The first-order valence-corrected chi connectivity index (χ1v) is 3.99. The van der Waals surface area contributed by atoms with E-state index in [0.29, 0.717) is 22.8 Å². The third kappa shape index (κ3) is 1.26. The van der Waals surface area contributed by atoms with Gasteiger partial charge in [-0.1, -0.05) is 6.07 Å². The Hall–Kier alpha value is -2.11. The fraction of sp³-hybridized carbons (Fsp3) is 0.125. The Morgan fingerprint density at radius 2 is 2.29 bits per heavy atom. The normalized spacial score (nSPS) is 10.1. The molecule has 2 aromatic rings. The lowest BCUT2D eigenvalue weighted by atomic mass is 10.1. The Morgan fingerprint density at radius 3 is 2.93 bits per heavy atom. The van der Waals surface area contributed by atoms with Crippen molar-refractivity contribution in [2.75, 3.05) is 12.8 Å². The summed E-state index contributed by atoms with van der Waals surface area (Å²) < 4.78 is 5.07. The zero-order valence-electron chi connectivity index (χ0n) is 7.56. The average molecular weight is 191 g/mol. The van der Waals surface area contributed by atoms with Crippen molar-refractivity contribution in [3.8, 4) is 17.1 Å².